The molecule has 0 radical (unpaired) electrons. The molecule has 0 aromatic heterocycles. The molecule has 1 heterocycles. The first kappa shape index (κ1) is 25.3. The number of carbonyl (C=O) groups excluding carboxylic acids is 2. The van der Waals surface area contributed by atoms with Crippen molar-refractivity contribution in [2.75, 3.05) is 20.8 Å². The van der Waals surface area contributed by atoms with Crippen LogP contribution in [0.25, 0.3) is 0 Å². The Balaban J connectivity index is 1.49. The lowest BCUT2D eigenvalue weighted by atomic mass is 9.84. The second-order valence-corrected chi connectivity index (χ2v) is 8.95. The lowest BCUT2D eigenvalue weighted by Gasteiger charge is -2.31. The lowest BCUT2D eigenvalue weighted by Crippen LogP contribution is -2.52. The van der Waals surface area contributed by atoms with Gasteiger partial charge in [0.2, 0.25) is 11.8 Å². The maximum Gasteiger partial charge on any atom is 0.243 e. The van der Waals surface area contributed by atoms with Gasteiger partial charge < -0.3 is 25.4 Å². The molecule has 188 valence electrons. The van der Waals surface area contributed by atoms with Gasteiger partial charge in [-0.05, 0) is 41.7 Å². The average Bonchev–Trinajstić information content (AvgIpc) is 3.42. The molecule has 3 N–H and O–H groups in total. The number of carbonyl (C=O) groups is 2. The Morgan fingerprint density at radius 2 is 1.50 bits per heavy atom. The summed E-state index contributed by atoms with van der Waals surface area (Å²) in [6.45, 7) is 0.807. The Labute approximate surface area is 212 Å². The maximum absolute atomic E-state index is 13.7. The highest BCUT2D eigenvalue weighted by Gasteiger charge is 2.39. The summed E-state index contributed by atoms with van der Waals surface area (Å²) in [4.78, 5) is 28.5. The van der Waals surface area contributed by atoms with Gasteiger partial charge in [0.25, 0.3) is 0 Å². The second-order valence-electron chi connectivity index (χ2n) is 8.95. The first-order chi connectivity index (χ1) is 17.5. The van der Waals surface area contributed by atoms with Crippen molar-refractivity contribution in [3.8, 4) is 11.5 Å². The molecular weight excluding hydrogens is 454 g/mol. The fourth-order valence-electron chi connectivity index (χ4n) is 4.84. The van der Waals surface area contributed by atoms with Crippen LogP contribution in [-0.4, -0.2) is 49.6 Å². The van der Waals surface area contributed by atoms with Crippen LogP contribution in [0.3, 0.4) is 0 Å². The summed E-state index contributed by atoms with van der Waals surface area (Å²) in [6.07, 6.45) is 1.36. The molecule has 4 rings (SSSR count). The predicted octanol–water partition coefficient (Wildman–Crippen LogP) is 3.47. The third-order valence-corrected chi connectivity index (χ3v) is 6.68. The van der Waals surface area contributed by atoms with Crippen LogP contribution in [0.5, 0.6) is 11.5 Å². The summed E-state index contributed by atoms with van der Waals surface area (Å²) in [5.41, 5.74) is 9.43. The Morgan fingerprint density at radius 1 is 0.944 bits per heavy atom. The number of benzene rings is 3. The van der Waals surface area contributed by atoms with Crippen LogP contribution in [0.15, 0.2) is 78.9 Å². The van der Waals surface area contributed by atoms with E-state index < -0.39 is 12.1 Å². The minimum Gasteiger partial charge on any atom is -0.497 e. The number of rotatable bonds is 9. The minimum absolute atomic E-state index is 0.189. The van der Waals surface area contributed by atoms with Gasteiger partial charge in [-0.2, -0.15) is 0 Å². The molecule has 1 fully saturated rings. The number of methoxy groups -OCH3 is 2. The van der Waals surface area contributed by atoms with E-state index in [-0.39, 0.29) is 17.7 Å². The van der Waals surface area contributed by atoms with Crippen LogP contribution in [0.1, 0.15) is 35.4 Å². The van der Waals surface area contributed by atoms with E-state index in [1.807, 2.05) is 72.8 Å². The summed E-state index contributed by atoms with van der Waals surface area (Å²) in [5, 5.41) is 2.98. The van der Waals surface area contributed by atoms with Gasteiger partial charge in [0.05, 0.1) is 20.3 Å². The first-order valence-corrected chi connectivity index (χ1v) is 12.2. The van der Waals surface area contributed by atoms with Gasteiger partial charge >= 0.3 is 0 Å². The van der Waals surface area contributed by atoms with Crippen molar-refractivity contribution in [2.45, 2.75) is 37.4 Å². The molecule has 3 aromatic carbocycles. The third kappa shape index (κ3) is 5.69. The van der Waals surface area contributed by atoms with Gasteiger partial charge in [-0.25, -0.2) is 0 Å². The van der Waals surface area contributed by atoms with Crippen molar-refractivity contribution in [1.29, 1.82) is 0 Å². The van der Waals surface area contributed by atoms with Crippen LogP contribution >= 0.6 is 0 Å². The number of nitrogens with one attached hydrogen (secondary N) is 1. The van der Waals surface area contributed by atoms with Crippen molar-refractivity contribution in [3.05, 3.63) is 95.6 Å². The van der Waals surface area contributed by atoms with Crippen molar-refractivity contribution >= 4 is 11.8 Å². The van der Waals surface area contributed by atoms with E-state index in [2.05, 4.69) is 5.32 Å². The molecule has 7 nitrogen and oxygen atoms in total. The number of amides is 2. The van der Waals surface area contributed by atoms with Crippen LogP contribution < -0.4 is 20.5 Å². The molecule has 2 amide bonds. The highest BCUT2D eigenvalue weighted by atomic mass is 16.5. The van der Waals surface area contributed by atoms with Gasteiger partial charge in [-0.1, -0.05) is 60.7 Å². The van der Waals surface area contributed by atoms with Crippen LogP contribution in [0.4, 0.5) is 0 Å². The average molecular weight is 488 g/mol. The number of nitrogens with zero attached hydrogens (tertiary/aromatic N) is 1. The molecule has 0 saturated carbocycles. The summed E-state index contributed by atoms with van der Waals surface area (Å²) in [7, 11) is 3.17. The maximum atomic E-state index is 13.7. The standard InChI is InChI=1S/C29H33N3O4/c1-35-23-16-20(17-24(18-23)36-2)19-31-28(33)25-14-9-15-32(25)29(34)27(30)26(21-10-5-3-6-11-21)22-12-7-4-8-13-22/h3-8,10-13,16-18,25-27H,9,14-15,19,30H2,1-2H3,(H,31,33)/t25-,27?/m0/s1. The van der Waals surface area contributed by atoms with Crippen molar-refractivity contribution in [1.82, 2.24) is 10.2 Å². The fourth-order valence-corrected chi connectivity index (χ4v) is 4.84. The van der Waals surface area contributed by atoms with Crippen LogP contribution in [-0.2, 0) is 16.1 Å². The van der Waals surface area contributed by atoms with Crippen LogP contribution in [0.2, 0.25) is 0 Å². The van der Waals surface area contributed by atoms with Crippen molar-refractivity contribution in [2.24, 2.45) is 5.73 Å². The quantitative estimate of drug-likeness (QED) is 0.482. The number of likely N-dealkylation sites (tertiary alicyclic amines) is 1. The molecule has 3 aromatic rings. The number of hydrogen-bond donors (Lipinski definition) is 2. The molecule has 0 bridgehead atoms. The summed E-state index contributed by atoms with van der Waals surface area (Å²) < 4.78 is 10.6. The second kappa shape index (κ2) is 11.7. The fraction of sp³-hybridized carbons (Fsp3) is 0.310. The van der Waals surface area contributed by atoms with E-state index in [4.69, 9.17) is 15.2 Å². The Hall–Kier alpha value is -3.84. The zero-order valence-corrected chi connectivity index (χ0v) is 20.7. The predicted molar refractivity (Wildman–Crippen MR) is 139 cm³/mol. The summed E-state index contributed by atoms with van der Waals surface area (Å²) in [6, 6.07) is 23.7. The highest BCUT2D eigenvalue weighted by molar-refractivity contribution is 5.91. The van der Waals surface area contributed by atoms with E-state index in [0.717, 1.165) is 23.1 Å². The van der Waals surface area contributed by atoms with Gasteiger partial charge in [0.1, 0.15) is 17.5 Å². The van der Waals surface area contributed by atoms with Gasteiger partial charge in [0, 0.05) is 25.1 Å². The largest absolute Gasteiger partial charge is 0.497 e. The molecule has 2 atom stereocenters. The molecule has 1 saturated heterocycles. The van der Waals surface area contributed by atoms with Gasteiger partial charge in [0.15, 0.2) is 0 Å². The van der Waals surface area contributed by atoms with E-state index >= 15 is 0 Å². The normalized spacial score (nSPS) is 16.0. The summed E-state index contributed by atoms with van der Waals surface area (Å²) in [5.74, 6) is 0.581. The molecule has 7 heteroatoms. The smallest absolute Gasteiger partial charge is 0.243 e. The van der Waals surface area contributed by atoms with Crippen molar-refractivity contribution in [3.63, 3.8) is 0 Å². The van der Waals surface area contributed by atoms with E-state index in [1.165, 1.54) is 0 Å². The zero-order chi connectivity index (χ0) is 25.5. The Morgan fingerprint density at radius 3 is 2.03 bits per heavy atom. The molecule has 1 aliphatic rings. The SMILES string of the molecule is COc1cc(CNC(=O)[C@@H]2CCCN2C(=O)C(N)C(c2ccccc2)c2ccccc2)cc(OC)c1. The topological polar surface area (TPSA) is 93.9 Å². The van der Waals surface area contributed by atoms with Gasteiger partial charge in [-0.15, -0.1) is 0 Å². The molecule has 1 aliphatic heterocycles. The summed E-state index contributed by atoms with van der Waals surface area (Å²) >= 11 is 0. The zero-order valence-electron chi connectivity index (χ0n) is 20.7. The minimum atomic E-state index is -0.814. The third-order valence-electron chi connectivity index (χ3n) is 6.68. The van der Waals surface area contributed by atoms with E-state index in [0.29, 0.717) is 31.0 Å². The number of nitrogens with two attached hydrogens (primary N) is 1. The molecule has 36 heavy (non-hydrogen) atoms. The molecule has 1 unspecified atom stereocenters. The molecular formula is C29H33N3O4. The number of ether oxygens (including phenoxy) is 2. The number of hydrogen-bond acceptors (Lipinski definition) is 5. The Bertz CT molecular complexity index is 1110. The van der Waals surface area contributed by atoms with E-state index in [9.17, 15) is 9.59 Å². The molecule has 0 aliphatic carbocycles. The Kier molecular flexibility index (Phi) is 8.23. The lowest BCUT2D eigenvalue weighted by molar-refractivity contribution is -0.139. The highest BCUT2D eigenvalue weighted by Crippen LogP contribution is 2.30. The first-order valence-electron chi connectivity index (χ1n) is 12.2. The van der Waals surface area contributed by atoms with Crippen LogP contribution in [0, 0.1) is 0 Å². The van der Waals surface area contributed by atoms with Crippen molar-refractivity contribution < 1.29 is 19.1 Å². The van der Waals surface area contributed by atoms with E-state index in [1.54, 1.807) is 25.2 Å². The molecule has 0 spiro atoms. The monoisotopic (exact) mass is 487 g/mol. The van der Waals surface area contributed by atoms with Gasteiger partial charge in [-0.3, -0.25) is 9.59 Å².